The van der Waals surface area contributed by atoms with Crippen molar-refractivity contribution in [1.82, 2.24) is 4.72 Å². The molecule has 0 aliphatic rings. The van der Waals surface area contributed by atoms with Gasteiger partial charge in [0.05, 0.1) is 6.42 Å². The van der Waals surface area contributed by atoms with Gasteiger partial charge in [-0.3, -0.25) is 9.59 Å². The number of nitrogens with two attached hydrogens (primary N) is 1. The van der Waals surface area contributed by atoms with Gasteiger partial charge in [0.1, 0.15) is 4.21 Å². The summed E-state index contributed by atoms with van der Waals surface area (Å²) in [6.45, 7) is 0. The summed E-state index contributed by atoms with van der Waals surface area (Å²) in [6, 6.07) is 9.08. The van der Waals surface area contributed by atoms with Gasteiger partial charge in [0.15, 0.2) is 0 Å². The molecule has 2 amide bonds. The van der Waals surface area contributed by atoms with E-state index in [1.54, 1.807) is 23.6 Å². The zero-order valence-corrected chi connectivity index (χ0v) is 12.4. The Morgan fingerprint density at radius 1 is 1.14 bits per heavy atom. The number of benzene rings is 1. The standard InChI is InChI=1S/C13H12N2O4S2/c14-13(17)10-5-3-9(4-6-10)8-11(16)15-21(18,19)12-2-1-7-20-12/h1-7H,8H2,(H2,14,17)(H,15,16). The highest BCUT2D eigenvalue weighted by Crippen LogP contribution is 2.15. The van der Waals surface area contributed by atoms with E-state index in [1.165, 1.54) is 18.2 Å². The van der Waals surface area contributed by atoms with E-state index in [4.69, 9.17) is 5.73 Å². The van der Waals surface area contributed by atoms with Crippen LogP contribution in [0.5, 0.6) is 0 Å². The first-order valence-electron chi connectivity index (χ1n) is 5.86. The Morgan fingerprint density at radius 2 is 1.81 bits per heavy atom. The highest BCUT2D eigenvalue weighted by Gasteiger charge is 2.18. The Kier molecular flexibility index (Phi) is 4.39. The summed E-state index contributed by atoms with van der Waals surface area (Å²) in [6.07, 6.45) is -0.107. The summed E-state index contributed by atoms with van der Waals surface area (Å²) in [5.41, 5.74) is 6.01. The topological polar surface area (TPSA) is 106 Å². The average molecular weight is 324 g/mol. The van der Waals surface area contributed by atoms with Crippen LogP contribution in [0.15, 0.2) is 46.0 Å². The second kappa shape index (κ2) is 6.06. The van der Waals surface area contributed by atoms with Crippen molar-refractivity contribution in [2.45, 2.75) is 10.6 Å². The maximum absolute atomic E-state index is 11.9. The van der Waals surface area contributed by atoms with E-state index in [0.29, 0.717) is 11.1 Å². The van der Waals surface area contributed by atoms with Crippen LogP contribution < -0.4 is 10.5 Å². The van der Waals surface area contributed by atoms with Crippen molar-refractivity contribution in [2.24, 2.45) is 5.73 Å². The third-order valence-electron chi connectivity index (χ3n) is 2.61. The Bertz CT molecular complexity index is 750. The van der Waals surface area contributed by atoms with Crippen molar-refractivity contribution in [3.05, 3.63) is 52.9 Å². The number of carbonyl (C=O) groups is 2. The Hall–Kier alpha value is -2.19. The quantitative estimate of drug-likeness (QED) is 0.852. The predicted molar refractivity (Wildman–Crippen MR) is 78.3 cm³/mol. The number of carbonyl (C=O) groups excluding carboxylic acids is 2. The largest absolute Gasteiger partial charge is 0.366 e. The van der Waals surface area contributed by atoms with Crippen molar-refractivity contribution in [3.8, 4) is 0 Å². The van der Waals surface area contributed by atoms with E-state index in [2.05, 4.69) is 0 Å². The fourth-order valence-electron chi connectivity index (χ4n) is 1.62. The van der Waals surface area contributed by atoms with Crippen LogP contribution in [0.4, 0.5) is 0 Å². The van der Waals surface area contributed by atoms with Gasteiger partial charge in [-0.1, -0.05) is 18.2 Å². The van der Waals surface area contributed by atoms with Crippen LogP contribution in [-0.4, -0.2) is 20.2 Å². The van der Waals surface area contributed by atoms with Gasteiger partial charge in [0, 0.05) is 5.56 Å². The number of hydrogen-bond acceptors (Lipinski definition) is 5. The summed E-state index contributed by atoms with van der Waals surface area (Å²) in [5, 5.41) is 1.61. The number of nitrogens with one attached hydrogen (secondary N) is 1. The van der Waals surface area contributed by atoms with E-state index in [0.717, 1.165) is 11.3 Å². The average Bonchev–Trinajstić information content (AvgIpc) is 2.93. The lowest BCUT2D eigenvalue weighted by molar-refractivity contribution is -0.118. The van der Waals surface area contributed by atoms with Crippen LogP contribution in [-0.2, 0) is 21.2 Å². The van der Waals surface area contributed by atoms with Crippen LogP contribution in [0, 0.1) is 0 Å². The van der Waals surface area contributed by atoms with Gasteiger partial charge in [-0.05, 0) is 29.1 Å². The summed E-state index contributed by atoms with van der Waals surface area (Å²) in [7, 11) is -3.81. The van der Waals surface area contributed by atoms with E-state index < -0.39 is 21.8 Å². The van der Waals surface area contributed by atoms with Gasteiger partial charge in [0.25, 0.3) is 10.0 Å². The summed E-state index contributed by atoms with van der Waals surface area (Å²) in [4.78, 5) is 22.7. The molecule has 0 saturated carbocycles. The molecule has 0 fully saturated rings. The zero-order chi connectivity index (χ0) is 15.5. The fourth-order valence-corrected chi connectivity index (χ4v) is 3.60. The van der Waals surface area contributed by atoms with Crippen molar-refractivity contribution >= 4 is 33.2 Å². The smallest absolute Gasteiger partial charge is 0.273 e. The van der Waals surface area contributed by atoms with E-state index >= 15 is 0 Å². The van der Waals surface area contributed by atoms with Gasteiger partial charge >= 0.3 is 0 Å². The molecule has 0 atom stereocenters. The lowest BCUT2D eigenvalue weighted by Gasteiger charge is -2.05. The first-order valence-corrected chi connectivity index (χ1v) is 8.22. The molecule has 0 radical (unpaired) electrons. The molecule has 1 heterocycles. The molecule has 2 aromatic rings. The van der Waals surface area contributed by atoms with Gasteiger partial charge in [0.2, 0.25) is 11.8 Å². The Balaban J connectivity index is 2.03. The molecular formula is C13H12N2O4S2. The van der Waals surface area contributed by atoms with Gasteiger partial charge in [-0.15, -0.1) is 11.3 Å². The molecule has 2 rings (SSSR count). The van der Waals surface area contributed by atoms with Gasteiger partial charge < -0.3 is 5.73 Å². The molecule has 0 spiro atoms. The number of rotatable bonds is 5. The van der Waals surface area contributed by atoms with Crippen molar-refractivity contribution in [3.63, 3.8) is 0 Å². The second-order valence-corrected chi connectivity index (χ2v) is 7.06. The number of thiophene rings is 1. The molecule has 0 saturated heterocycles. The van der Waals surface area contributed by atoms with Crippen LogP contribution in [0.3, 0.4) is 0 Å². The molecule has 21 heavy (non-hydrogen) atoms. The van der Waals surface area contributed by atoms with Crippen molar-refractivity contribution < 1.29 is 18.0 Å². The minimum atomic E-state index is -3.81. The van der Waals surface area contributed by atoms with Gasteiger partial charge in [-0.25, -0.2) is 13.1 Å². The SMILES string of the molecule is NC(=O)c1ccc(CC(=O)NS(=O)(=O)c2cccs2)cc1. The van der Waals surface area contributed by atoms with E-state index in [9.17, 15) is 18.0 Å². The van der Waals surface area contributed by atoms with Crippen LogP contribution in [0.25, 0.3) is 0 Å². The number of primary amides is 1. The van der Waals surface area contributed by atoms with Crippen molar-refractivity contribution in [1.29, 1.82) is 0 Å². The van der Waals surface area contributed by atoms with Crippen LogP contribution >= 0.6 is 11.3 Å². The molecule has 6 nitrogen and oxygen atoms in total. The van der Waals surface area contributed by atoms with Crippen molar-refractivity contribution in [2.75, 3.05) is 0 Å². The summed E-state index contributed by atoms with van der Waals surface area (Å²) in [5.74, 6) is -1.21. The minimum Gasteiger partial charge on any atom is -0.366 e. The minimum absolute atomic E-state index is 0.0833. The Labute approximate surface area is 125 Å². The summed E-state index contributed by atoms with van der Waals surface area (Å²) >= 11 is 1.03. The maximum Gasteiger partial charge on any atom is 0.273 e. The normalized spacial score (nSPS) is 11.0. The van der Waals surface area contributed by atoms with Gasteiger partial charge in [-0.2, -0.15) is 0 Å². The highest BCUT2D eigenvalue weighted by atomic mass is 32.2. The molecule has 110 valence electrons. The molecule has 0 unspecified atom stereocenters. The maximum atomic E-state index is 11.9. The third-order valence-corrected chi connectivity index (χ3v) is 5.38. The van der Waals surface area contributed by atoms with E-state index in [1.807, 2.05) is 4.72 Å². The molecule has 8 heteroatoms. The first kappa shape index (κ1) is 15.2. The predicted octanol–water partition coefficient (Wildman–Crippen LogP) is 0.895. The first-order chi connectivity index (χ1) is 9.88. The fraction of sp³-hybridized carbons (Fsp3) is 0.0769. The van der Waals surface area contributed by atoms with Crippen LogP contribution in [0.1, 0.15) is 15.9 Å². The molecular weight excluding hydrogens is 312 g/mol. The Morgan fingerprint density at radius 3 is 2.33 bits per heavy atom. The number of amides is 2. The lowest BCUT2D eigenvalue weighted by Crippen LogP contribution is -2.31. The molecule has 1 aromatic carbocycles. The third kappa shape index (κ3) is 3.89. The number of hydrogen-bond donors (Lipinski definition) is 2. The van der Waals surface area contributed by atoms with Crippen LogP contribution in [0.2, 0.25) is 0 Å². The molecule has 3 N–H and O–H groups in total. The number of sulfonamides is 1. The molecule has 0 bridgehead atoms. The highest BCUT2D eigenvalue weighted by molar-refractivity contribution is 7.92. The molecule has 0 aliphatic carbocycles. The second-order valence-electron chi connectivity index (χ2n) is 4.20. The molecule has 0 aliphatic heterocycles. The lowest BCUT2D eigenvalue weighted by atomic mass is 10.1. The monoisotopic (exact) mass is 324 g/mol. The summed E-state index contributed by atoms with van der Waals surface area (Å²) < 4.78 is 25.8. The zero-order valence-electron chi connectivity index (χ0n) is 10.8. The van der Waals surface area contributed by atoms with E-state index in [-0.39, 0.29) is 10.6 Å². The molecule has 1 aromatic heterocycles.